The van der Waals surface area contributed by atoms with Gasteiger partial charge >= 0.3 is 12.1 Å². The number of carbonyl (C=O) groups is 2. The third-order valence-electron chi connectivity index (χ3n) is 4.26. The molecule has 1 atom stereocenters. The number of rotatable bonds is 4. The molecule has 0 aromatic heterocycles. The second-order valence-corrected chi connectivity index (χ2v) is 6.67. The van der Waals surface area contributed by atoms with Crippen LogP contribution in [0.15, 0.2) is 54.6 Å². The topological polar surface area (TPSA) is 55.8 Å². The van der Waals surface area contributed by atoms with E-state index >= 15 is 0 Å². The highest BCUT2D eigenvalue weighted by Crippen LogP contribution is 2.31. The highest BCUT2D eigenvalue weighted by atomic mass is 16.6. The molecule has 0 aliphatic carbocycles. The number of esters is 1. The maximum Gasteiger partial charge on any atom is 0.414 e. The number of anilines is 1. The van der Waals surface area contributed by atoms with Crippen LogP contribution in [0.2, 0.25) is 0 Å². The Hall–Kier alpha value is -2.82. The van der Waals surface area contributed by atoms with Gasteiger partial charge in [0, 0.05) is 6.54 Å². The summed E-state index contributed by atoms with van der Waals surface area (Å²) in [7, 11) is 0. The number of ether oxygens (including phenoxy) is 2. The zero-order chi connectivity index (χ0) is 18.5. The number of amides is 1. The summed E-state index contributed by atoms with van der Waals surface area (Å²) in [6.07, 6.45) is -0.0778. The van der Waals surface area contributed by atoms with E-state index in [9.17, 15) is 9.59 Å². The molecular weight excluding hydrogens is 330 g/mol. The van der Waals surface area contributed by atoms with Crippen LogP contribution in [0.5, 0.6) is 0 Å². The Balaban J connectivity index is 1.75. The molecular formula is C21H23NO4. The van der Waals surface area contributed by atoms with Gasteiger partial charge in [0.25, 0.3) is 0 Å². The molecule has 2 aromatic rings. The van der Waals surface area contributed by atoms with Gasteiger partial charge in [-0.15, -0.1) is 0 Å². The molecule has 1 aliphatic rings. The van der Waals surface area contributed by atoms with E-state index in [1.54, 1.807) is 0 Å². The number of hydrogen-bond donors (Lipinski definition) is 0. The lowest BCUT2D eigenvalue weighted by molar-refractivity contribution is -0.152. The molecule has 26 heavy (non-hydrogen) atoms. The van der Waals surface area contributed by atoms with E-state index in [-0.39, 0.29) is 25.2 Å². The lowest BCUT2D eigenvalue weighted by Gasteiger charge is -2.33. The number of nitrogens with zero attached hydrogens (tertiary/aromatic N) is 1. The Morgan fingerprint density at radius 1 is 1.08 bits per heavy atom. The standard InChI is InChI=1S/C21H23NO4/c1-15(2)26-20(23)18-12-17-10-6-7-11-19(17)22(13-18)21(24)25-14-16-8-4-3-5-9-16/h3-11,15,18H,12-14H2,1-2H3/t18-/m0/s1. The summed E-state index contributed by atoms with van der Waals surface area (Å²) in [4.78, 5) is 26.6. The normalized spacial score (nSPS) is 16.1. The minimum Gasteiger partial charge on any atom is -0.463 e. The van der Waals surface area contributed by atoms with Crippen LogP contribution in [0.3, 0.4) is 0 Å². The van der Waals surface area contributed by atoms with Crippen molar-refractivity contribution in [2.24, 2.45) is 5.92 Å². The van der Waals surface area contributed by atoms with E-state index in [1.807, 2.05) is 68.4 Å². The Morgan fingerprint density at radius 2 is 1.77 bits per heavy atom. The summed E-state index contributed by atoms with van der Waals surface area (Å²) in [5.41, 5.74) is 2.65. The van der Waals surface area contributed by atoms with Crippen LogP contribution in [-0.2, 0) is 27.3 Å². The SMILES string of the molecule is CC(C)OC(=O)[C@H]1Cc2ccccc2N(C(=O)OCc2ccccc2)C1. The number of hydrogen-bond acceptors (Lipinski definition) is 4. The van der Waals surface area contributed by atoms with E-state index in [0.717, 1.165) is 16.8 Å². The molecule has 2 aromatic carbocycles. The molecule has 3 rings (SSSR count). The van der Waals surface area contributed by atoms with Gasteiger partial charge in [-0.05, 0) is 37.5 Å². The Bertz CT molecular complexity index is 773. The summed E-state index contributed by atoms with van der Waals surface area (Å²) in [5, 5.41) is 0. The average molecular weight is 353 g/mol. The summed E-state index contributed by atoms with van der Waals surface area (Å²) < 4.78 is 10.8. The molecule has 0 radical (unpaired) electrons. The zero-order valence-corrected chi connectivity index (χ0v) is 15.1. The Kier molecular flexibility index (Phi) is 5.56. The molecule has 0 spiro atoms. The van der Waals surface area contributed by atoms with Crippen molar-refractivity contribution >= 4 is 17.7 Å². The molecule has 0 bridgehead atoms. The summed E-state index contributed by atoms with van der Waals surface area (Å²) in [5.74, 6) is -0.674. The van der Waals surface area contributed by atoms with Crippen LogP contribution in [0.25, 0.3) is 0 Å². The second-order valence-electron chi connectivity index (χ2n) is 6.67. The summed E-state index contributed by atoms with van der Waals surface area (Å²) in [6.45, 7) is 4.09. The second kappa shape index (κ2) is 8.04. The van der Waals surface area contributed by atoms with Crippen LogP contribution >= 0.6 is 0 Å². The lowest BCUT2D eigenvalue weighted by Crippen LogP contribution is -2.43. The predicted molar refractivity (Wildman–Crippen MR) is 98.8 cm³/mol. The minimum absolute atomic E-state index is 0.182. The molecule has 0 saturated heterocycles. The lowest BCUT2D eigenvalue weighted by atomic mass is 9.93. The first-order valence-corrected chi connectivity index (χ1v) is 8.81. The number of carbonyl (C=O) groups excluding carboxylic acids is 2. The zero-order valence-electron chi connectivity index (χ0n) is 15.1. The molecule has 1 amide bonds. The minimum atomic E-state index is -0.455. The summed E-state index contributed by atoms with van der Waals surface area (Å²) in [6, 6.07) is 17.1. The van der Waals surface area contributed by atoms with Crippen molar-refractivity contribution < 1.29 is 19.1 Å². The maximum absolute atomic E-state index is 12.7. The van der Waals surface area contributed by atoms with Gasteiger partial charge in [-0.3, -0.25) is 9.69 Å². The fraction of sp³-hybridized carbons (Fsp3) is 0.333. The Morgan fingerprint density at radius 3 is 2.50 bits per heavy atom. The predicted octanol–water partition coefficient (Wildman–Crippen LogP) is 3.95. The smallest absolute Gasteiger partial charge is 0.414 e. The molecule has 1 heterocycles. The van der Waals surface area contributed by atoms with Crippen LogP contribution < -0.4 is 4.90 Å². The van der Waals surface area contributed by atoms with E-state index in [2.05, 4.69) is 0 Å². The average Bonchev–Trinajstić information content (AvgIpc) is 2.65. The van der Waals surface area contributed by atoms with Crippen molar-refractivity contribution in [3.63, 3.8) is 0 Å². The van der Waals surface area contributed by atoms with Crippen LogP contribution in [0.4, 0.5) is 10.5 Å². The molecule has 0 saturated carbocycles. The van der Waals surface area contributed by atoms with Crippen molar-refractivity contribution in [2.45, 2.75) is 33.0 Å². The van der Waals surface area contributed by atoms with Crippen LogP contribution in [0, 0.1) is 5.92 Å². The highest BCUT2D eigenvalue weighted by Gasteiger charge is 2.34. The Labute approximate surface area is 153 Å². The highest BCUT2D eigenvalue weighted by molar-refractivity contribution is 5.91. The van der Waals surface area contributed by atoms with E-state index in [1.165, 1.54) is 4.90 Å². The van der Waals surface area contributed by atoms with Crippen molar-refractivity contribution in [3.05, 3.63) is 65.7 Å². The van der Waals surface area contributed by atoms with Gasteiger partial charge in [-0.25, -0.2) is 4.79 Å². The van der Waals surface area contributed by atoms with Gasteiger partial charge in [0.2, 0.25) is 0 Å². The fourth-order valence-electron chi connectivity index (χ4n) is 3.05. The monoisotopic (exact) mass is 353 g/mol. The number of benzene rings is 2. The fourth-order valence-corrected chi connectivity index (χ4v) is 3.05. The first kappa shape index (κ1) is 18.0. The van der Waals surface area contributed by atoms with Crippen molar-refractivity contribution in [2.75, 3.05) is 11.4 Å². The first-order chi connectivity index (χ1) is 12.5. The number of para-hydroxylation sites is 1. The van der Waals surface area contributed by atoms with Crippen molar-refractivity contribution in [1.29, 1.82) is 0 Å². The van der Waals surface area contributed by atoms with Crippen LogP contribution in [0.1, 0.15) is 25.0 Å². The summed E-state index contributed by atoms with van der Waals surface area (Å²) >= 11 is 0. The molecule has 5 nitrogen and oxygen atoms in total. The van der Waals surface area contributed by atoms with Gasteiger partial charge in [0.05, 0.1) is 17.7 Å². The molecule has 136 valence electrons. The first-order valence-electron chi connectivity index (χ1n) is 8.81. The third-order valence-corrected chi connectivity index (χ3v) is 4.26. The van der Waals surface area contributed by atoms with Gasteiger partial charge < -0.3 is 9.47 Å². The molecule has 0 N–H and O–H groups in total. The molecule has 0 fully saturated rings. The van der Waals surface area contributed by atoms with Gasteiger partial charge in [0.15, 0.2) is 0 Å². The van der Waals surface area contributed by atoms with Crippen LogP contribution in [-0.4, -0.2) is 24.7 Å². The quantitative estimate of drug-likeness (QED) is 0.781. The molecule has 0 unspecified atom stereocenters. The number of fused-ring (bicyclic) bond motifs is 1. The molecule has 5 heteroatoms. The van der Waals surface area contributed by atoms with Crippen molar-refractivity contribution in [1.82, 2.24) is 0 Å². The van der Waals surface area contributed by atoms with Crippen molar-refractivity contribution in [3.8, 4) is 0 Å². The largest absolute Gasteiger partial charge is 0.463 e. The van der Waals surface area contributed by atoms with Gasteiger partial charge in [-0.2, -0.15) is 0 Å². The maximum atomic E-state index is 12.7. The van der Waals surface area contributed by atoms with E-state index in [0.29, 0.717) is 6.42 Å². The van der Waals surface area contributed by atoms with Gasteiger partial charge in [0.1, 0.15) is 6.61 Å². The molecule has 1 aliphatic heterocycles. The third kappa shape index (κ3) is 4.23. The van der Waals surface area contributed by atoms with E-state index in [4.69, 9.17) is 9.47 Å². The van der Waals surface area contributed by atoms with E-state index < -0.39 is 12.0 Å². The van der Waals surface area contributed by atoms with Gasteiger partial charge in [-0.1, -0.05) is 48.5 Å².